The summed E-state index contributed by atoms with van der Waals surface area (Å²) >= 11 is 1.89. The standard InChI is InChI=1S/C13H23N3OS/c1-16(11-2-3-11)7-6-14-12-15-13(10-18-12)4-8-17-9-5-13/h11H,2-10H2,1H3,(H,14,15). The number of hydrogen-bond acceptors (Lipinski definition) is 4. The minimum atomic E-state index is 0.282. The van der Waals surface area contributed by atoms with Crippen molar-refractivity contribution in [3.05, 3.63) is 0 Å². The van der Waals surface area contributed by atoms with Gasteiger partial charge < -0.3 is 15.0 Å². The van der Waals surface area contributed by atoms with Crippen molar-refractivity contribution in [2.45, 2.75) is 37.3 Å². The van der Waals surface area contributed by atoms with Crippen molar-refractivity contribution in [2.75, 3.05) is 39.1 Å². The molecule has 18 heavy (non-hydrogen) atoms. The van der Waals surface area contributed by atoms with E-state index < -0.39 is 0 Å². The van der Waals surface area contributed by atoms with Gasteiger partial charge in [-0.3, -0.25) is 4.99 Å². The smallest absolute Gasteiger partial charge is 0.157 e. The third-order valence-electron chi connectivity index (χ3n) is 4.19. The van der Waals surface area contributed by atoms with Crippen molar-refractivity contribution in [3.8, 4) is 0 Å². The molecule has 1 spiro atoms. The van der Waals surface area contributed by atoms with Crippen molar-refractivity contribution in [1.29, 1.82) is 0 Å². The van der Waals surface area contributed by atoms with Crippen LogP contribution in [0.3, 0.4) is 0 Å². The number of nitrogens with one attached hydrogen (secondary N) is 1. The van der Waals surface area contributed by atoms with Gasteiger partial charge in [0, 0.05) is 31.6 Å². The summed E-state index contributed by atoms with van der Waals surface area (Å²) in [5, 5.41) is 4.79. The summed E-state index contributed by atoms with van der Waals surface area (Å²) in [5.74, 6) is 1.16. The third kappa shape index (κ3) is 3.00. The number of nitrogens with zero attached hydrogens (tertiary/aromatic N) is 2. The molecule has 3 aliphatic rings. The molecule has 5 heteroatoms. The van der Waals surface area contributed by atoms with Crippen LogP contribution in [0.1, 0.15) is 25.7 Å². The van der Waals surface area contributed by atoms with E-state index in [4.69, 9.17) is 9.73 Å². The molecule has 0 aromatic rings. The number of thioether (sulfide) groups is 1. The van der Waals surface area contributed by atoms with Gasteiger partial charge in [0.25, 0.3) is 0 Å². The van der Waals surface area contributed by atoms with Crippen molar-refractivity contribution in [1.82, 2.24) is 10.2 Å². The topological polar surface area (TPSA) is 36.9 Å². The zero-order valence-electron chi connectivity index (χ0n) is 11.2. The summed E-state index contributed by atoms with van der Waals surface area (Å²) in [5.41, 5.74) is 0.282. The summed E-state index contributed by atoms with van der Waals surface area (Å²) < 4.78 is 5.44. The van der Waals surface area contributed by atoms with E-state index in [-0.39, 0.29) is 5.54 Å². The lowest BCUT2D eigenvalue weighted by Gasteiger charge is -2.32. The van der Waals surface area contributed by atoms with Gasteiger partial charge in [-0.2, -0.15) is 0 Å². The van der Waals surface area contributed by atoms with E-state index in [9.17, 15) is 0 Å². The molecule has 0 aromatic carbocycles. The third-order valence-corrected chi connectivity index (χ3v) is 5.39. The Balaban J connectivity index is 1.45. The Labute approximate surface area is 114 Å². The molecular weight excluding hydrogens is 246 g/mol. The lowest BCUT2D eigenvalue weighted by Crippen LogP contribution is -2.48. The minimum Gasteiger partial charge on any atom is -0.381 e. The zero-order chi connectivity index (χ0) is 12.4. The average molecular weight is 269 g/mol. The highest BCUT2D eigenvalue weighted by Crippen LogP contribution is 2.31. The maximum Gasteiger partial charge on any atom is 0.157 e. The summed E-state index contributed by atoms with van der Waals surface area (Å²) in [6.07, 6.45) is 5.01. The fourth-order valence-electron chi connectivity index (χ4n) is 2.63. The predicted molar refractivity (Wildman–Crippen MR) is 76.3 cm³/mol. The van der Waals surface area contributed by atoms with Crippen molar-refractivity contribution in [2.24, 2.45) is 4.99 Å². The van der Waals surface area contributed by atoms with Gasteiger partial charge in [0.2, 0.25) is 0 Å². The zero-order valence-corrected chi connectivity index (χ0v) is 12.0. The van der Waals surface area contributed by atoms with Gasteiger partial charge in [0.15, 0.2) is 5.17 Å². The molecule has 0 amide bonds. The van der Waals surface area contributed by atoms with Crippen molar-refractivity contribution >= 4 is 16.9 Å². The lowest BCUT2D eigenvalue weighted by atomic mass is 9.93. The fourth-order valence-corrected chi connectivity index (χ4v) is 3.87. The van der Waals surface area contributed by atoms with Crippen molar-refractivity contribution in [3.63, 3.8) is 0 Å². The van der Waals surface area contributed by atoms with Crippen LogP contribution < -0.4 is 5.32 Å². The van der Waals surface area contributed by atoms with Crippen LogP contribution >= 0.6 is 11.8 Å². The minimum absolute atomic E-state index is 0.282. The van der Waals surface area contributed by atoms with E-state index >= 15 is 0 Å². The summed E-state index contributed by atoms with van der Waals surface area (Å²) in [6, 6.07) is 0.844. The highest BCUT2D eigenvalue weighted by Gasteiger charge is 2.38. The van der Waals surface area contributed by atoms with E-state index in [1.807, 2.05) is 11.8 Å². The van der Waals surface area contributed by atoms with Gasteiger partial charge in [-0.1, -0.05) is 11.8 Å². The SMILES string of the molecule is CN(CCN=C1NC2(CCOCC2)CS1)C1CC1. The van der Waals surface area contributed by atoms with E-state index in [1.54, 1.807) is 0 Å². The predicted octanol–water partition coefficient (Wildman–Crippen LogP) is 1.32. The molecular formula is C13H23N3OS. The van der Waals surface area contributed by atoms with Crippen molar-refractivity contribution < 1.29 is 4.74 Å². The fraction of sp³-hybridized carbons (Fsp3) is 0.923. The van der Waals surface area contributed by atoms with Crippen LogP contribution in [-0.4, -0.2) is 60.8 Å². The number of ether oxygens (including phenoxy) is 1. The number of hydrogen-bond donors (Lipinski definition) is 1. The Morgan fingerprint density at radius 3 is 2.94 bits per heavy atom. The Kier molecular flexibility index (Phi) is 3.82. The maximum atomic E-state index is 5.44. The second-order valence-corrected chi connectivity index (χ2v) is 6.67. The van der Waals surface area contributed by atoms with Gasteiger partial charge in [-0.15, -0.1) is 0 Å². The van der Waals surface area contributed by atoms with E-state index in [0.717, 1.165) is 56.1 Å². The van der Waals surface area contributed by atoms with Gasteiger partial charge >= 0.3 is 0 Å². The molecule has 102 valence electrons. The van der Waals surface area contributed by atoms with Crippen LogP contribution in [0.2, 0.25) is 0 Å². The number of amidine groups is 1. The van der Waals surface area contributed by atoms with Crippen LogP contribution in [0.4, 0.5) is 0 Å². The largest absolute Gasteiger partial charge is 0.381 e. The Bertz CT molecular complexity index is 324. The van der Waals surface area contributed by atoms with Crippen LogP contribution in [0.5, 0.6) is 0 Å². The molecule has 3 fully saturated rings. The summed E-state index contributed by atoms with van der Waals surface area (Å²) in [6.45, 7) is 3.80. The highest BCUT2D eigenvalue weighted by molar-refractivity contribution is 8.14. The second-order valence-electron chi connectivity index (χ2n) is 5.71. The van der Waals surface area contributed by atoms with Crippen LogP contribution in [-0.2, 0) is 4.74 Å². The van der Waals surface area contributed by atoms with E-state index in [2.05, 4.69) is 17.3 Å². The van der Waals surface area contributed by atoms with E-state index in [1.165, 1.54) is 12.8 Å². The van der Waals surface area contributed by atoms with E-state index in [0.29, 0.717) is 0 Å². The van der Waals surface area contributed by atoms with Gasteiger partial charge in [-0.05, 0) is 32.7 Å². The molecule has 0 atom stereocenters. The maximum absolute atomic E-state index is 5.44. The first-order chi connectivity index (χ1) is 8.77. The first-order valence-electron chi connectivity index (χ1n) is 7.01. The first kappa shape index (κ1) is 12.8. The molecule has 0 aromatic heterocycles. The van der Waals surface area contributed by atoms with Crippen LogP contribution in [0, 0.1) is 0 Å². The Morgan fingerprint density at radius 1 is 1.44 bits per heavy atom. The molecule has 3 rings (SSSR count). The second kappa shape index (κ2) is 5.39. The molecule has 1 aliphatic carbocycles. The van der Waals surface area contributed by atoms with Crippen LogP contribution in [0.15, 0.2) is 4.99 Å². The quantitative estimate of drug-likeness (QED) is 0.835. The molecule has 4 nitrogen and oxygen atoms in total. The molecule has 2 aliphatic heterocycles. The molecule has 1 N–H and O–H groups in total. The molecule has 0 unspecified atom stereocenters. The number of aliphatic imine (C=N–C) groups is 1. The summed E-state index contributed by atoms with van der Waals surface area (Å²) in [4.78, 5) is 7.15. The molecule has 1 saturated carbocycles. The Hall–Kier alpha value is -0.260. The number of rotatable bonds is 4. The molecule has 0 bridgehead atoms. The van der Waals surface area contributed by atoms with Crippen LogP contribution in [0.25, 0.3) is 0 Å². The lowest BCUT2D eigenvalue weighted by molar-refractivity contribution is 0.0555. The van der Waals surface area contributed by atoms with Gasteiger partial charge in [-0.25, -0.2) is 0 Å². The van der Waals surface area contributed by atoms with Gasteiger partial charge in [0.05, 0.1) is 12.1 Å². The average Bonchev–Trinajstić information content (AvgIpc) is 3.16. The van der Waals surface area contributed by atoms with Gasteiger partial charge in [0.1, 0.15) is 0 Å². The monoisotopic (exact) mass is 269 g/mol. The molecule has 2 saturated heterocycles. The summed E-state index contributed by atoms with van der Waals surface area (Å²) in [7, 11) is 2.22. The normalized spacial score (nSPS) is 29.1. The Morgan fingerprint density at radius 2 is 2.22 bits per heavy atom. The highest BCUT2D eigenvalue weighted by atomic mass is 32.2. The first-order valence-corrected chi connectivity index (χ1v) is 7.99. The molecule has 2 heterocycles. The molecule has 0 radical (unpaired) electrons. The number of likely N-dealkylation sites (N-methyl/N-ethyl adjacent to an activating group) is 1.